The molecule has 0 radical (unpaired) electrons. The molecule has 0 unspecified atom stereocenters. The average molecular weight is 277 g/mol. The molecule has 0 spiro atoms. The monoisotopic (exact) mass is 276 g/mol. The van der Waals surface area contributed by atoms with Crippen LogP contribution in [0.3, 0.4) is 0 Å². The summed E-state index contributed by atoms with van der Waals surface area (Å²) in [5.74, 6) is -0.489. The fourth-order valence-electron chi connectivity index (χ4n) is 1.67. The van der Waals surface area contributed by atoms with E-state index in [9.17, 15) is 9.90 Å². The van der Waals surface area contributed by atoms with Crippen molar-refractivity contribution in [3.05, 3.63) is 52.5 Å². The molecule has 5 heteroatoms. The first-order valence-electron chi connectivity index (χ1n) is 5.63. The van der Waals surface area contributed by atoms with Gasteiger partial charge in [0.1, 0.15) is 5.75 Å². The third-order valence-corrected chi connectivity index (χ3v) is 2.89. The van der Waals surface area contributed by atoms with Crippen LogP contribution in [0.2, 0.25) is 5.02 Å². The summed E-state index contributed by atoms with van der Waals surface area (Å²) in [7, 11) is 0. The van der Waals surface area contributed by atoms with Crippen LogP contribution in [0.1, 0.15) is 15.9 Å². The van der Waals surface area contributed by atoms with Crippen LogP contribution < -0.4 is 11.1 Å². The highest BCUT2D eigenvalue weighted by molar-refractivity contribution is 6.31. The number of phenolic OH excluding ortho intramolecular Hbond substituents is 1. The number of aryl methyl sites for hydroxylation is 1. The van der Waals surface area contributed by atoms with Crippen molar-refractivity contribution in [3.8, 4) is 5.75 Å². The molecule has 2 aromatic carbocycles. The van der Waals surface area contributed by atoms with Crippen molar-refractivity contribution in [2.45, 2.75) is 6.92 Å². The Balaban J connectivity index is 2.25. The number of benzene rings is 2. The van der Waals surface area contributed by atoms with Gasteiger partial charge in [-0.05, 0) is 42.8 Å². The fraction of sp³-hybridized carbons (Fsp3) is 0.0714. The number of hydrogen-bond acceptors (Lipinski definition) is 3. The Bertz CT molecular complexity index is 641. The Morgan fingerprint density at radius 2 is 2.00 bits per heavy atom. The second-order valence-corrected chi connectivity index (χ2v) is 4.64. The molecular weight excluding hydrogens is 264 g/mol. The van der Waals surface area contributed by atoms with E-state index in [0.29, 0.717) is 16.4 Å². The van der Waals surface area contributed by atoms with Crippen molar-refractivity contribution in [2.75, 3.05) is 11.1 Å². The molecule has 2 aromatic rings. The van der Waals surface area contributed by atoms with Crippen molar-refractivity contribution in [1.82, 2.24) is 0 Å². The molecule has 19 heavy (non-hydrogen) atoms. The largest absolute Gasteiger partial charge is 0.507 e. The minimum absolute atomic E-state index is 0.0648. The van der Waals surface area contributed by atoms with Gasteiger partial charge in [0.25, 0.3) is 5.91 Å². The smallest absolute Gasteiger partial charge is 0.259 e. The summed E-state index contributed by atoms with van der Waals surface area (Å²) in [6.45, 7) is 1.83. The summed E-state index contributed by atoms with van der Waals surface area (Å²) in [5, 5.41) is 12.9. The third-order valence-electron chi connectivity index (χ3n) is 2.66. The lowest BCUT2D eigenvalue weighted by atomic mass is 10.1. The van der Waals surface area contributed by atoms with Gasteiger partial charge in [-0.3, -0.25) is 4.79 Å². The number of carbonyl (C=O) groups excluding carboxylic acids is 1. The summed E-state index contributed by atoms with van der Waals surface area (Å²) < 4.78 is 0. The molecule has 1 amide bonds. The van der Waals surface area contributed by atoms with E-state index in [1.165, 1.54) is 6.07 Å². The SMILES string of the molecule is Cc1ccc(C(=O)Nc2ccc(Cl)cc2N)c(O)c1. The van der Waals surface area contributed by atoms with Crippen molar-refractivity contribution < 1.29 is 9.90 Å². The highest BCUT2D eigenvalue weighted by Gasteiger charge is 2.12. The van der Waals surface area contributed by atoms with E-state index in [-0.39, 0.29) is 11.3 Å². The fourth-order valence-corrected chi connectivity index (χ4v) is 1.85. The maximum Gasteiger partial charge on any atom is 0.259 e. The zero-order valence-corrected chi connectivity index (χ0v) is 11.0. The molecule has 4 nitrogen and oxygen atoms in total. The van der Waals surface area contributed by atoms with E-state index < -0.39 is 5.91 Å². The highest BCUT2D eigenvalue weighted by atomic mass is 35.5. The summed E-state index contributed by atoms with van der Waals surface area (Å²) in [5.41, 5.74) is 7.64. The van der Waals surface area contributed by atoms with Crippen molar-refractivity contribution in [1.29, 1.82) is 0 Å². The topological polar surface area (TPSA) is 75.4 Å². The van der Waals surface area contributed by atoms with E-state index in [1.807, 2.05) is 6.92 Å². The van der Waals surface area contributed by atoms with E-state index >= 15 is 0 Å². The second kappa shape index (κ2) is 5.20. The van der Waals surface area contributed by atoms with Crippen molar-refractivity contribution in [2.24, 2.45) is 0 Å². The summed E-state index contributed by atoms with van der Waals surface area (Å²) in [6, 6.07) is 9.63. The van der Waals surface area contributed by atoms with E-state index in [1.54, 1.807) is 30.3 Å². The van der Waals surface area contributed by atoms with Gasteiger partial charge < -0.3 is 16.2 Å². The lowest BCUT2D eigenvalue weighted by Gasteiger charge is -2.09. The van der Waals surface area contributed by atoms with E-state index in [0.717, 1.165) is 5.56 Å². The van der Waals surface area contributed by atoms with Gasteiger partial charge in [-0.25, -0.2) is 0 Å². The van der Waals surface area contributed by atoms with Crippen molar-refractivity contribution in [3.63, 3.8) is 0 Å². The first-order valence-corrected chi connectivity index (χ1v) is 6.01. The first kappa shape index (κ1) is 13.2. The van der Waals surface area contributed by atoms with Crippen LogP contribution in [0.5, 0.6) is 5.75 Å². The summed E-state index contributed by atoms with van der Waals surface area (Å²) >= 11 is 5.78. The molecule has 2 rings (SSSR count). The summed E-state index contributed by atoms with van der Waals surface area (Å²) in [6.07, 6.45) is 0. The molecule has 0 aliphatic rings. The molecule has 0 aliphatic heterocycles. The number of hydrogen-bond donors (Lipinski definition) is 3. The van der Waals surface area contributed by atoms with Crippen LogP contribution in [-0.2, 0) is 0 Å². The average Bonchev–Trinajstić information content (AvgIpc) is 2.32. The minimum atomic E-state index is -0.425. The zero-order chi connectivity index (χ0) is 14.0. The number of phenols is 1. The molecular formula is C14H13ClN2O2. The maximum atomic E-state index is 12.0. The Morgan fingerprint density at radius 1 is 1.26 bits per heavy atom. The van der Waals surface area contributed by atoms with Crippen molar-refractivity contribution >= 4 is 28.9 Å². The van der Waals surface area contributed by atoms with Gasteiger partial charge in [0, 0.05) is 5.02 Å². The molecule has 4 N–H and O–H groups in total. The molecule has 0 atom stereocenters. The van der Waals surface area contributed by atoms with Gasteiger partial charge in [0.05, 0.1) is 16.9 Å². The van der Waals surface area contributed by atoms with Crippen LogP contribution in [-0.4, -0.2) is 11.0 Å². The zero-order valence-electron chi connectivity index (χ0n) is 10.3. The number of aromatic hydroxyl groups is 1. The molecule has 0 saturated carbocycles. The van der Waals surface area contributed by atoms with E-state index in [2.05, 4.69) is 5.32 Å². The number of nitrogens with one attached hydrogen (secondary N) is 1. The molecule has 0 fully saturated rings. The van der Waals surface area contributed by atoms with Gasteiger partial charge >= 0.3 is 0 Å². The van der Waals surface area contributed by atoms with Crippen LogP contribution in [0.15, 0.2) is 36.4 Å². The lowest BCUT2D eigenvalue weighted by Crippen LogP contribution is -2.13. The number of rotatable bonds is 2. The standard InChI is InChI=1S/C14H13ClN2O2/c1-8-2-4-10(13(18)6-8)14(19)17-12-5-3-9(15)7-11(12)16/h2-7,18H,16H2,1H3,(H,17,19). The number of nitrogen functional groups attached to an aromatic ring is 1. The quantitative estimate of drug-likeness (QED) is 0.737. The maximum absolute atomic E-state index is 12.0. The number of carbonyl (C=O) groups is 1. The van der Waals surface area contributed by atoms with Crippen LogP contribution in [0.4, 0.5) is 11.4 Å². The Morgan fingerprint density at radius 3 is 2.63 bits per heavy atom. The number of anilines is 2. The minimum Gasteiger partial charge on any atom is -0.507 e. The molecule has 0 aromatic heterocycles. The van der Waals surface area contributed by atoms with E-state index in [4.69, 9.17) is 17.3 Å². The van der Waals surface area contributed by atoms with Gasteiger partial charge in [0.15, 0.2) is 0 Å². The lowest BCUT2D eigenvalue weighted by molar-refractivity contribution is 0.102. The van der Waals surface area contributed by atoms with Crippen LogP contribution >= 0.6 is 11.6 Å². The van der Waals surface area contributed by atoms with Gasteiger partial charge in [-0.1, -0.05) is 17.7 Å². The number of nitrogens with two attached hydrogens (primary N) is 1. The van der Waals surface area contributed by atoms with Crippen LogP contribution in [0.25, 0.3) is 0 Å². The number of amides is 1. The molecule has 98 valence electrons. The third kappa shape index (κ3) is 2.98. The van der Waals surface area contributed by atoms with Crippen LogP contribution in [0, 0.1) is 6.92 Å². The predicted molar refractivity (Wildman–Crippen MR) is 76.7 cm³/mol. The Labute approximate surface area is 115 Å². The second-order valence-electron chi connectivity index (χ2n) is 4.21. The molecule has 0 aliphatic carbocycles. The number of halogens is 1. The van der Waals surface area contributed by atoms with Gasteiger partial charge in [-0.2, -0.15) is 0 Å². The predicted octanol–water partition coefficient (Wildman–Crippen LogP) is 3.19. The Kier molecular flexibility index (Phi) is 3.62. The molecule has 0 saturated heterocycles. The first-order chi connectivity index (χ1) is 8.97. The normalized spacial score (nSPS) is 10.2. The highest BCUT2D eigenvalue weighted by Crippen LogP contribution is 2.25. The van der Waals surface area contributed by atoms with Gasteiger partial charge in [-0.15, -0.1) is 0 Å². The molecule has 0 heterocycles. The van der Waals surface area contributed by atoms with Gasteiger partial charge in [0.2, 0.25) is 0 Å². The summed E-state index contributed by atoms with van der Waals surface area (Å²) in [4.78, 5) is 12.0. The Hall–Kier alpha value is -2.20. The molecule has 0 bridgehead atoms.